The molecule has 0 spiro atoms. The third-order valence-corrected chi connectivity index (χ3v) is 9.01. The smallest absolute Gasteiger partial charge is 0.0782 e. The fourth-order valence-corrected chi connectivity index (χ4v) is 6.06. The highest BCUT2D eigenvalue weighted by Crippen LogP contribution is 2.15. The first-order chi connectivity index (χ1) is 18.3. The highest BCUT2D eigenvalue weighted by Gasteiger charge is 2.15. The van der Waals surface area contributed by atoms with Gasteiger partial charge in [0, 0.05) is 0 Å². The lowest BCUT2D eigenvalue weighted by Gasteiger charge is -2.31. The minimum absolute atomic E-state index is 1.23. The summed E-state index contributed by atoms with van der Waals surface area (Å²) in [6.07, 6.45) is 37.7. The molecule has 0 N–H and O–H groups in total. The molecule has 2 heteroatoms. The summed E-state index contributed by atoms with van der Waals surface area (Å²) in [7, 11) is 9.80. The summed E-state index contributed by atoms with van der Waals surface area (Å²) < 4.78 is 2.46. The Bertz CT molecular complexity index is 456. The minimum Gasteiger partial charge on any atom is -0.328 e. The fourth-order valence-electron chi connectivity index (χ4n) is 6.06. The minimum atomic E-state index is 1.23. The molecule has 0 heterocycles. The van der Waals surface area contributed by atoms with Gasteiger partial charge in [-0.3, -0.25) is 0 Å². The van der Waals surface area contributed by atoms with Crippen LogP contribution >= 0.6 is 0 Å². The van der Waals surface area contributed by atoms with E-state index in [2.05, 4.69) is 42.0 Å². The summed E-state index contributed by atoms with van der Waals surface area (Å²) in [5.41, 5.74) is 0. The van der Waals surface area contributed by atoms with Gasteiger partial charge in [-0.15, -0.1) is 0 Å². The van der Waals surface area contributed by atoms with E-state index < -0.39 is 0 Å². The largest absolute Gasteiger partial charge is 0.328 e. The molecule has 0 saturated heterocycles. The van der Waals surface area contributed by atoms with Crippen molar-refractivity contribution in [2.45, 2.75) is 181 Å². The molecule has 0 aliphatic carbocycles. The van der Waals surface area contributed by atoms with E-state index in [-0.39, 0.29) is 0 Å². The quantitative estimate of drug-likeness (QED) is 0.0608. The Morgan fingerprint density at radius 1 is 0.237 bits per heavy atom. The van der Waals surface area contributed by atoms with Crippen LogP contribution in [0.1, 0.15) is 181 Å². The van der Waals surface area contributed by atoms with Gasteiger partial charge >= 0.3 is 0 Å². The van der Waals surface area contributed by atoms with Gasteiger partial charge in [0.25, 0.3) is 0 Å². The van der Waals surface area contributed by atoms with Crippen molar-refractivity contribution in [3.05, 3.63) is 0 Å². The summed E-state index contributed by atoms with van der Waals surface area (Å²) >= 11 is 0. The van der Waals surface area contributed by atoms with Crippen molar-refractivity contribution in [3.8, 4) is 0 Å². The van der Waals surface area contributed by atoms with Crippen molar-refractivity contribution < 1.29 is 8.97 Å². The summed E-state index contributed by atoms with van der Waals surface area (Å²) in [6.45, 7) is 10.1. The van der Waals surface area contributed by atoms with Gasteiger partial charge in [-0.1, -0.05) is 129 Å². The predicted molar refractivity (Wildman–Crippen MR) is 175 cm³/mol. The Morgan fingerprint density at radius 3 is 0.605 bits per heavy atom. The van der Waals surface area contributed by atoms with Crippen molar-refractivity contribution in [1.29, 1.82) is 0 Å². The Kier molecular flexibility index (Phi) is 27.1. The molecule has 0 aromatic heterocycles. The van der Waals surface area contributed by atoms with Gasteiger partial charge in [0.1, 0.15) is 0 Å². The maximum absolute atomic E-state index is 2.46. The molecule has 0 bridgehead atoms. The van der Waals surface area contributed by atoms with E-state index in [1.807, 2.05) is 0 Å². The van der Waals surface area contributed by atoms with Crippen LogP contribution in [0.3, 0.4) is 0 Å². The Hall–Kier alpha value is -0.0800. The second-order valence-corrected chi connectivity index (χ2v) is 14.3. The second-order valence-electron chi connectivity index (χ2n) is 14.3. The first kappa shape index (κ1) is 37.9. The summed E-state index contributed by atoms with van der Waals surface area (Å²) in [6, 6.07) is 0. The summed E-state index contributed by atoms with van der Waals surface area (Å²) in [5.74, 6) is 0. The van der Waals surface area contributed by atoms with Crippen LogP contribution in [0.15, 0.2) is 0 Å². The van der Waals surface area contributed by atoms with Crippen LogP contribution in [0.25, 0.3) is 0 Å². The Balaban J connectivity index is 3.41. The number of hydrogen-bond acceptors (Lipinski definition) is 0. The van der Waals surface area contributed by atoms with E-state index >= 15 is 0 Å². The molecule has 0 aromatic carbocycles. The second kappa shape index (κ2) is 27.1. The third-order valence-electron chi connectivity index (χ3n) is 9.01. The predicted octanol–water partition coefficient (Wildman–Crippen LogP) is 11.3. The van der Waals surface area contributed by atoms with Crippen molar-refractivity contribution in [2.24, 2.45) is 0 Å². The van der Waals surface area contributed by atoms with Crippen LogP contribution in [0.2, 0.25) is 0 Å². The molecule has 0 amide bonds. The number of quaternary nitrogens is 2. The molecule has 230 valence electrons. The van der Waals surface area contributed by atoms with Crippen molar-refractivity contribution in [3.63, 3.8) is 0 Å². The molecule has 0 fully saturated rings. The standard InChI is InChI=1S/C36H78N2/c1-7-9-11-13-14-15-16-17-18-19-20-21-22-23-24-25-26-30-34-38(5,6)36-32-28-27-31-35-37(3,4)33-29-12-10-8-2/h7-36H2,1-6H3/q+2. The lowest BCUT2D eigenvalue weighted by atomic mass is 10.0. The molecule has 0 radical (unpaired) electrons. The molecule has 0 unspecified atom stereocenters. The lowest BCUT2D eigenvalue weighted by molar-refractivity contribution is -0.891. The van der Waals surface area contributed by atoms with Gasteiger partial charge < -0.3 is 8.97 Å². The Morgan fingerprint density at radius 2 is 0.395 bits per heavy atom. The molecular formula is C36H78N2+2. The van der Waals surface area contributed by atoms with Gasteiger partial charge in [-0.05, 0) is 51.4 Å². The van der Waals surface area contributed by atoms with Crippen LogP contribution in [-0.4, -0.2) is 63.3 Å². The number of unbranched alkanes of at least 4 members (excludes halogenated alkanes) is 23. The van der Waals surface area contributed by atoms with Gasteiger partial charge in [0.05, 0.1) is 54.4 Å². The molecule has 38 heavy (non-hydrogen) atoms. The van der Waals surface area contributed by atoms with Gasteiger partial charge in [-0.2, -0.15) is 0 Å². The fraction of sp³-hybridized carbons (Fsp3) is 1.00. The molecule has 0 aromatic rings. The van der Waals surface area contributed by atoms with E-state index in [9.17, 15) is 0 Å². The zero-order valence-corrected chi connectivity index (χ0v) is 28.1. The molecule has 0 atom stereocenters. The van der Waals surface area contributed by atoms with E-state index in [4.69, 9.17) is 0 Å². The van der Waals surface area contributed by atoms with Crippen molar-refractivity contribution >= 4 is 0 Å². The van der Waals surface area contributed by atoms with Crippen LogP contribution in [0.5, 0.6) is 0 Å². The monoisotopic (exact) mass is 539 g/mol. The van der Waals surface area contributed by atoms with Crippen molar-refractivity contribution in [1.82, 2.24) is 0 Å². The van der Waals surface area contributed by atoms with Crippen LogP contribution in [0, 0.1) is 0 Å². The van der Waals surface area contributed by atoms with E-state index in [1.54, 1.807) is 0 Å². The average Bonchev–Trinajstić information content (AvgIpc) is 2.88. The van der Waals surface area contributed by atoms with Crippen LogP contribution < -0.4 is 0 Å². The van der Waals surface area contributed by atoms with E-state index in [0.717, 1.165) is 0 Å². The highest BCUT2D eigenvalue weighted by molar-refractivity contribution is 4.51. The van der Waals surface area contributed by atoms with Crippen molar-refractivity contribution in [2.75, 3.05) is 54.4 Å². The SMILES string of the molecule is CCCCCCCCCCCCCCCCCCCC[N+](C)(C)CCCCCC[N+](C)(C)CCCCCC. The van der Waals surface area contributed by atoms with Crippen LogP contribution in [-0.2, 0) is 0 Å². The normalized spacial score (nSPS) is 12.5. The number of hydrogen-bond donors (Lipinski definition) is 0. The summed E-state index contributed by atoms with van der Waals surface area (Å²) in [4.78, 5) is 0. The summed E-state index contributed by atoms with van der Waals surface area (Å²) in [5, 5.41) is 0. The molecule has 2 nitrogen and oxygen atoms in total. The van der Waals surface area contributed by atoms with Crippen LogP contribution in [0.4, 0.5) is 0 Å². The molecular weight excluding hydrogens is 460 g/mol. The Labute approximate surface area is 243 Å². The molecule has 0 rings (SSSR count). The van der Waals surface area contributed by atoms with E-state index in [1.165, 1.54) is 202 Å². The maximum atomic E-state index is 2.46. The van der Waals surface area contributed by atoms with Gasteiger partial charge in [-0.25, -0.2) is 0 Å². The first-order valence-electron chi connectivity index (χ1n) is 18.0. The highest BCUT2D eigenvalue weighted by atomic mass is 15.3. The molecule has 0 aliphatic heterocycles. The number of nitrogens with zero attached hydrogens (tertiary/aromatic N) is 2. The molecule has 0 aliphatic rings. The third kappa shape index (κ3) is 28.9. The average molecular weight is 539 g/mol. The lowest BCUT2D eigenvalue weighted by Crippen LogP contribution is -2.41. The topological polar surface area (TPSA) is 0 Å². The first-order valence-corrected chi connectivity index (χ1v) is 18.0. The number of rotatable bonds is 31. The zero-order chi connectivity index (χ0) is 28.2. The van der Waals surface area contributed by atoms with Gasteiger partial charge in [0.15, 0.2) is 0 Å². The maximum Gasteiger partial charge on any atom is 0.0782 e. The van der Waals surface area contributed by atoms with E-state index in [0.29, 0.717) is 0 Å². The molecule has 0 saturated carbocycles. The van der Waals surface area contributed by atoms with Gasteiger partial charge in [0.2, 0.25) is 0 Å². The zero-order valence-electron chi connectivity index (χ0n) is 28.1.